The maximum Gasteiger partial charge on any atom is 0.320 e. The van der Waals surface area contributed by atoms with Gasteiger partial charge in [0.25, 0.3) is 0 Å². The molecule has 0 amide bonds. The summed E-state index contributed by atoms with van der Waals surface area (Å²) in [6, 6.07) is -0.369. The van der Waals surface area contributed by atoms with Crippen molar-refractivity contribution in [1.29, 1.82) is 0 Å². The minimum absolute atomic E-state index is 0.369. The minimum Gasteiger partial charge on any atom is -0.480 e. The molecule has 0 aromatic rings. The zero-order valence-electron chi connectivity index (χ0n) is 8.41. The predicted molar refractivity (Wildman–Crippen MR) is 54.9 cm³/mol. The van der Waals surface area contributed by atoms with Gasteiger partial charge in [-0.2, -0.15) is 0 Å². The molecule has 14 heavy (non-hydrogen) atoms. The first-order valence-corrected chi connectivity index (χ1v) is 5.16. The van der Waals surface area contributed by atoms with Crippen LogP contribution in [0.5, 0.6) is 0 Å². The van der Waals surface area contributed by atoms with Crippen molar-refractivity contribution in [3.63, 3.8) is 0 Å². The van der Waals surface area contributed by atoms with E-state index in [9.17, 15) is 4.79 Å². The SMILES string of the molecule is C#CCN1CCCCCCC1C(=O)O. The molecular weight excluding hydrogens is 178 g/mol. The molecule has 0 spiro atoms. The Hall–Kier alpha value is -1.01. The van der Waals surface area contributed by atoms with Gasteiger partial charge in [-0.3, -0.25) is 9.69 Å². The van der Waals surface area contributed by atoms with Gasteiger partial charge in [0.2, 0.25) is 0 Å². The number of nitrogens with zero attached hydrogens (tertiary/aromatic N) is 1. The Kier molecular flexibility index (Phi) is 4.48. The second-order valence-corrected chi connectivity index (χ2v) is 3.73. The number of carbonyl (C=O) groups is 1. The van der Waals surface area contributed by atoms with E-state index < -0.39 is 5.97 Å². The molecule has 1 aliphatic heterocycles. The molecule has 0 radical (unpaired) electrons. The van der Waals surface area contributed by atoms with Gasteiger partial charge >= 0.3 is 5.97 Å². The van der Waals surface area contributed by atoms with Crippen LogP contribution >= 0.6 is 0 Å². The standard InChI is InChI=1S/C11H17NO2/c1-2-8-12-9-6-4-3-5-7-10(12)11(13)14/h1,10H,3-9H2,(H,13,14). The maximum atomic E-state index is 11.0. The van der Waals surface area contributed by atoms with E-state index >= 15 is 0 Å². The summed E-state index contributed by atoms with van der Waals surface area (Å²) < 4.78 is 0. The number of hydrogen-bond donors (Lipinski definition) is 1. The van der Waals surface area contributed by atoms with Crippen molar-refractivity contribution < 1.29 is 9.90 Å². The van der Waals surface area contributed by atoms with Crippen molar-refractivity contribution >= 4 is 5.97 Å². The molecule has 0 bridgehead atoms. The first kappa shape index (κ1) is 11.1. The first-order valence-electron chi connectivity index (χ1n) is 5.16. The van der Waals surface area contributed by atoms with Crippen LogP contribution in [0.2, 0.25) is 0 Å². The summed E-state index contributed by atoms with van der Waals surface area (Å²) in [6.07, 6.45) is 10.4. The number of terminal acetylenes is 1. The minimum atomic E-state index is -0.734. The van der Waals surface area contributed by atoms with E-state index in [-0.39, 0.29) is 6.04 Å². The van der Waals surface area contributed by atoms with Crippen LogP contribution in [0.3, 0.4) is 0 Å². The Morgan fingerprint density at radius 3 is 2.79 bits per heavy atom. The molecule has 1 heterocycles. The summed E-state index contributed by atoms with van der Waals surface area (Å²) in [5.74, 6) is 1.80. The zero-order chi connectivity index (χ0) is 10.4. The molecule has 1 N–H and O–H groups in total. The average molecular weight is 195 g/mol. The number of rotatable bonds is 2. The molecule has 1 atom stereocenters. The van der Waals surface area contributed by atoms with Crippen molar-refractivity contribution in [3.8, 4) is 12.3 Å². The van der Waals surface area contributed by atoms with E-state index in [0.29, 0.717) is 6.54 Å². The molecule has 1 fully saturated rings. The van der Waals surface area contributed by atoms with Gasteiger partial charge in [-0.05, 0) is 19.4 Å². The van der Waals surface area contributed by atoms with Crippen molar-refractivity contribution in [1.82, 2.24) is 4.90 Å². The number of carboxylic acid groups (broad SMARTS) is 1. The van der Waals surface area contributed by atoms with Crippen molar-refractivity contribution in [3.05, 3.63) is 0 Å². The largest absolute Gasteiger partial charge is 0.480 e. The van der Waals surface area contributed by atoms with Gasteiger partial charge in [0.15, 0.2) is 0 Å². The van der Waals surface area contributed by atoms with Gasteiger partial charge in [0.1, 0.15) is 6.04 Å². The third-order valence-corrected chi connectivity index (χ3v) is 2.69. The zero-order valence-corrected chi connectivity index (χ0v) is 8.41. The molecule has 1 saturated heterocycles. The van der Waals surface area contributed by atoms with Gasteiger partial charge in [0.05, 0.1) is 6.54 Å². The monoisotopic (exact) mass is 195 g/mol. The van der Waals surface area contributed by atoms with Crippen molar-refractivity contribution in [2.75, 3.05) is 13.1 Å². The smallest absolute Gasteiger partial charge is 0.320 e. The fraction of sp³-hybridized carbons (Fsp3) is 0.727. The Morgan fingerprint density at radius 2 is 2.14 bits per heavy atom. The predicted octanol–water partition coefficient (Wildman–Crippen LogP) is 1.34. The van der Waals surface area contributed by atoms with E-state index in [1.165, 1.54) is 6.42 Å². The van der Waals surface area contributed by atoms with Crippen LogP contribution < -0.4 is 0 Å². The molecule has 0 aromatic carbocycles. The number of hydrogen-bond acceptors (Lipinski definition) is 2. The highest BCUT2D eigenvalue weighted by Crippen LogP contribution is 2.16. The third-order valence-electron chi connectivity index (χ3n) is 2.69. The molecule has 0 aromatic heterocycles. The second kappa shape index (κ2) is 5.66. The van der Waals surface area contributed by atoms with Crippen molar-refractivity contribution in [2.45, 2.75) is 38.1 Å². The lowest BCUT2D eigenvalue weighted by Crippen LogP contribution is -2.42. The van der Waals surface area contributed by atoms with E-state index in [1.54, 1.807) is 0 Å². The molecule has 0 saturated carbocycles. The number of likely N-dealkylation sites (tertiary alicyclic amines) is 1. The molecule has 78 valence electrons. The van der Waals surface area contributed by atoms with Crippen LogP contribution in [0.4, 0.5) is 0 Å². The van der Waals surface area contributed by atoms with E-state index in [0.717, 1.165) is 32.2 Å². The summed E-state index contributed by atoms with van der Waals surface area (Å²) in [4.78, 5) is 12.9. The highest BCUT2D eigenvalue weighted by Gasteiger charge is 2.25. The van der Waals surface area contributed by atoms with Gasteiger partial charge in [0, 0.05) is 0 Å². The lowest BCUT2D eigenvalue weighted by Gasteiger charge is -2.28. The van der Waals surface area contributed by atoms with Crippen LogP contribution in [-0.2, 0) is 4.79 Å². The normalized spacial score (nSPS) is 24.6. The average Bonchev–Trinajstić information content (AvgIpc) is 2.09. The van der Waals surface area contributed by atoms with Gasteiger partial charge < -0.3 is 5.11 Å². The molecule has 1 aliphatic rings. The van der Waals surface area contributed by atoms with E-state index in [4.69, 9.17) is 11.5 Å². The Bertz CT molecular complexity index is 232. The number of aliphatic carboxylic acids is 1. The highest BCUT2D eigenvalue weighted by molar-refractivity contribution is 5.73. The van der Waals surface area contributed by atoms with Gasteiger partial charge in [-0.1, -0.05) is 25.2 Å². The summed E-state index contributed by atoms with van der Waals surface area (Å²) in [6.45, 7) is 1.28. The molecule has 3 heteroatoms. The van der Waals surface area contributed by atoms with Crippen LogP contribution in [-0.4, -0.2) is 35.1 Å². The number of carboxylic acids is 1. The van der Waals surface area contributed by atoms with Gasteiger partial charge in [-0.15, -0.1) is 6.42 Å². The fourth-order valence-corrected chi connectivity index (χ4v) is 1.93. The summed E-state index contributed by atoms with van der Waals surface area (Å²) >= 11 is 0. The van der Waals surface area contributed by atoms with Gasteiger partial charge in [-0.25, -0.2) is 0 Å². The highest BCUT2D eigenvalue weighted by atomic mass is 16.4. The van der Waals surface area contributed by atoms with E-state index in [2.05, 4.69) is 5.92 Å². The topological polar surface area (TPSA) is 40.5 Å². The van der Waals surface area contributed by atoms with Crippen molar-refractivity contribution in [2.24, 2.45) is 0 Å². The summed E-state index contributed by atoms with van der Waals surface area (Å²) in [7, 11) is 0. The maximum absolute atomic E-state index is 11.0. The lowest BCUT2D eigenvalue weighted by atomic mass is 10.0. The molecule has 1 unspecified atom stereocenters. The van der Waals surface area contributed by atoms with Crippen LogP contribution in [0.15, 0.2) is 0 Å². The van der Waals surface area contributed by atoms with Crippen LogP contribution in [0, 0.1) is 12.3 Å². The Balaban J connectivity index is 2.61. The molecule has 3 nitrogen and oxygen atoms in total. The second-order valence-electron chi connectivity index (χ2n) is 3.73. The summed E-state index contributed by atoms with van der Waals surface area (Å²) in [5, 5.41) is 9.04. The van der Waals surface area contributed by atoms with Crippen LogP contribution in [0.25, 0.3) is 0 Å². The fourth-order valence-electron chi connectivity index (χ4n) is 1.93. The Labute approximate surface area is 85.1 Å². The van der Waals surface area contributed by atoms with E-state index in [1.807, 2.05) is 4.90 Å². The lowest BCUT2D eigenvalue weighted by molar-refractivity contribution is -0.143. The molecule has 0 aliphatic carbocycles. The quantitative estimate of drug-likeness (QED) is 0.676. The Morgan fingerprint density at radius 1 is 1.43 bits per heavy atom. The summed E-state index contributed by atoms with van der Waals surface area (Å²) in [5.41, 5.74) is 0. The van der Waals surface area contributed by atoms with Crippen LogP contribution in [0.1, 0.15) is 32.1 Å². The first-order chi connectivity index (χ1) is 6.75. The molecule has 1 rings (SSSR count). The third kappa shape index (κ3) is 3.04. The molecular formula is C11H17NO2.